The van der Waals surface area contributed by atoms with Gasteiger partial charge in [0.2, 0.25) is 5.79 Å². The number of terminal acetylenes is 2. The number of ether oxygens (including phenoxy) is 2. The zero-order valence-corrected chi connectivity index (χ0v) is 12.7. The molecule has 1 fully saturated rings. The number of hydrogen-bond donors (Lipinski definition) is 0. The first kappa shape index (κ1) is 15.3. The van der Waals surface area contributed by atoms with Crippen molar-refractivity contribution in [2.75, 3.05) is 13.2 Å². The Balaban J connectivity index is 3.13. The van der Waals surface area contributed by atoms with Gasteiger partial charge in [-0.2, -0.15) is 0 Å². The van der Waals surface area contributed by atoms with Gasteiger partial charge in [0, 0.05) is 19.6 Å². The van der Waals surface area contributed by atoms with E-state index in [2.05, 4.69) is 11.5 Å². The van der Waals surface area contributed by atoms with Gasteiger partial charge in [-0.3, -0.25) is 0 Å². The fraction of sp³-hybridized carbons (Fsp3) is 0.714. The minimum Gasteiger partial charge on any atom is -0.385 e. The van der Waals surface area contributed by atoms with Gasteiger partial charge >= 0.3 is 0 Å². The van der Waals surface area contributed by atoms with Gasteiger partial charge in [-0.1, -0.05) is 5.92 Å². The highest BCUT2D eigenvalue weighted by atomic mass is 28.4. The molecule has 1 heterocycles. The van der Waals surface area contributed by atoms with Gasteiger partial charge in [-0.25, -0.2) is 0 Å². The summed E-state index contributed by atoms with van der Waals surface area (Å²) in [4.78, 5) is 0. The zero-order chi connectivity index (χ0) is 13.9. The maximum atomic E-state index is 6.10. The van der Waals surface area contributed by atoms with E-state index in [4.69, 9.17) is 26.7 Å². The fourth-order valence-corrected chi connectivity index (χ4v) is 4.62. The molecule has 0 aliphatic carbocycles. The first-order valence-electron chi connectivity index (χ1n) is 6.34. The summed E-state index contributed by atoms with van der Waals surface area (Å²) in [5.41, 5.74) is 1.88. The van der Waals surface area contributed by atoms with Gasteiger partial charge < -0.3 is 13.9 Å². The van der Waals surface area contributed by atoms with Gasteiger partial charge in [0.15, 0.2) is 5.60 Å². The third kappa shape index (κ3) is 2.48. The summed E-state index contributed by atoms with van der Waals surface area (Å²) in [7, 11) is -2.19. The second-order valence-corrected chi connectivity index (χ2v) is 8.23. The quantitative estimate of drug-likeness (QED) is 0.444. The zero-order valence-electron chi connectivity index (χ0n) is 11.7. The van der Waals surface area contributed by atoms with E-state index in [1.165, 1.54) is 0 Å². The molecule has 2 unspecified atom stereocenters. The van der Waals surface area contributed by atoms with E-state index < -0.39 is 19.7 Å². The molecule has 1 aliphatic rings. The molecule has 4 heteroatoms. The largest absolute Gasteiger partial charge is 0.385 e. The summed E-state index contributed by atoms with van der Waals surface area (Å²) in [5, 5.41) is 0. The van der Waals surface area contributed by atoms with Gasteiger partial charge in [0.05, 0.1) is 0 Å². The third-order valence-electron chi connectivity index (χ3n) is 3.42. The number of rotatable bonds is 4. The van der Waals surface area contributed by atoms with Crippen LogP contribution < -0.4 is 0 Å². The van der Waals surface area contributed by atoms with Crippen LogP contribution in [0.5, 0.6) is 0 Å². The van der Waals surface area contributed by atoms with Crippen LogP contribution in [0.15, 0.2) is 0 Å². The normalized spacial score (nSPS) is 34.6. The molecule has 0 aromatic carbocycles. The van der Waals surface area contributed by atoms with E-state index in [1.54, 1.807) is 0 Å². The molecule has 0 spiro atoms. The topological polar surface area (TPSA) is 27.7 Å². The second kappa shape index (κ2) is 5.46. The predicted molar refractivity (Wildman–Crippen MR) is 74.2 cm³/mol. The molecule has 0 bridgehead atoms. The highest BCUT2D eigenvalue weighted by Gasteiger charge is 2.58. The molecule has 2 atom stereocenters. The fourth-order valence-electron chi connectivity index (χ4n) is 2.39. The molecular weight excluding hydrogens is 244 g/mol. The Morgan fingerprint density at radius 3 is 2.22 bits per heavy atom. The van der Waals surface area contributed by atoms with Crippen LogP contribution in [-0.4, -0.2) is 32.9 Å². The molecule has 0 aromatic heterocycles. The van der Waals surface area contributed by atoms with Crippen LogP contribution in [0.4, 0.5) is 0 Å². The van der Waals surface area contributed by atoms with Crippen LogP contribution in [0.25, 0.3) is 0 Å². The lowest BCUT2D eigenvalue weighted by atomic mass is 9.93. The first-order valence-corrected chi connectivity index (χ1v) is 8.96. The highest BCUT2D eigenvalue weighted by molar-refractivity contribution is 6.80. The maximum Gasteiger partial charge on any atom is 0.270 e. The van der Waals surface area contributed by atoms with Crippen LogP contribution in [0.3, 0.4) is 0 Å². The molecule has 100 valence electrons. The molecule has 0 N–H and O–H groups in total. The van der Waals surface area contributed by atoms with E-state index in [0.29, 0.717) is 19.6 Å². The average Bonchev–Trinajstić information content (AvgIpc) is 2.35. The predicted octanol–water partition coefficient (Wildman–Crippen LogP) is 2.32. The van der Waals surface area contributed by atoms with Gasteiger partial charge in [0.1, 0.15) is 0 Å². The van der Waals surface area contributed by atoms with Gasteiger partial charge in [0.25, 0.3) is 8.32 Å². The van der Waals surface area contributed by atoms with Crippen LogP contribution in [0.1, 0.15) is 27.2 Å². The molecule has 0 amide bonds. The van der Waals surface area contributed by atoms with Crippen molar-refractivity contribution < 1.29 is 13.9 Å². The Morgan fingerprint density at radius 2 is 1.83 bits per heavy atom. The lowest BCUT2D eigenvalue weighted by molar-refractivity contribution is -0.301. The summed E-state index contributed by atoms with van der Waals surface area (Å²) >= 11 is 0. The average molecular weight is 266 g/mol. The molecule has 18 heavy (non-hydrogen) atoms. The minimum absolute atomic E-state index is 0.523. The van der Waals surface area contributed by atoms with Crippen molar-refractivity contribution in [1.29, 1.82) is 0 Å². The van der Waals surface area contributed by atoms with Crippen molar-refractivity contribution in [3.05, 3.63) is 0 Å². The second-order valence-electron chi connectivity index (χ2n) is 4.77. The van der Waals surface area contributed by atoms with Crippen molar-refractivity contribution >= 4 is 8.32 Å². The summed E-state index contributed by atoms with van der Waals surface area (Å²) in [6.07, 6.45) is 11.9. The molecule has 0 saturated carbocycles. The Labute approximate surface area is 111 Å². The van der Waals surface area contributed by atoms with Crippen molar-refractivity contribution in [2.45, 2.75) is 51.2 Å². The van der Waals surface area contributed by atoms with E-state index in [1.807, 2.05) is 27.3 Å². The molecular formula is C14H22O3Si. The molecule has 1 rings (SSSR count). The van der Waals surface area contributed by atoms with Crippen LogP contribution in [-0.2, 0) is 13.9 Å². The first-order chi connectivity index (χ1) is 8.41. The number of hydrogen-bond acceptors (Lipinski definition) is 3. The Kier molecular flexibility index (Phi) is 4.64. The molecule has 0 aromatic rings. The summed E-state index contributed by atoms with van der Waals surface area (Å²) in [6.45, 7) is 8.72. The Morgan fingerprint density at radius 1 is 1.28 bits per heavy atom. The lowest BCUT2D eigenvalue weighted by Gasteiger charge is -2.51. The molecule has 1 saturated heterocycles. The standard InChI is InChI=1S/C14H22O3Si/c1-7-13(5)14(15-8-2,16-9-3)11-12-18(6,10-4)17-13/h1,4H,8-9,11-12H2,2-3,5-6H3. The summed E-state index contributed by atoms with van der Waals surface area (Å²) < 4.78 is 17.7. The monoisotopic (exact) mass is 266 g/mol. The highest BCUT2D eigenvalue weighted by Crippen LogP contribution is 2.43. The smallest absolute Gasteiger partial charge is 0.270 e. The van der Waals surface area contributed by atoms with Crippen molar-refractivity contribution in [2.24, 2.45) is 0 Å². The Bertz CT molecular complexity index is 375. The summed E-state index contributed by atoms with van der Waals surface area (Å²) in [5.74, 6) is 1.82. The van der Waals surface area contributed by atoms with Crippen LogP contribution in [0.2, 0.25) is 12.6 Å². The molecule has 0 radical (unpaired) electrons. The van der Waals surface area contributed by atoms with Crippen LogP contribution >= 0.6 is 0 Å². The van der Waals surface area contributed by atoms with Crippen molar-refractivity contribution in [1.82, 2.24) is 0 Å². The van der Waals surface area contributed by atoms with Gasteiger partial charge in [-0.15, -0.1) is 18.4 Å². The SMILES string of the molecule is C#CC1(C)O[Si](C)(C#C)CCC1(OCC)OCC. The van der Waals surface area contributed by atoms with Crippen molar-refractivity contribution in [3.8, 4) is 24.3 Å². The van der Waals surface area contributed by atoms with E-state index in [0.717, 1.165) is 6.04 Å². The van der Waals surface area contributed by atoms with Crippen molar-refractivity contribution in [3.63, 3.8) is 0 Å². The van der Waals surface area contributed by atoms with E-state index in [9.17, 15) is 0 Å². The van der Waals surface area contributed by atoms with Gasteiger partial charge in [-0.05, 0) is 33.4 Å². The molecule has 3 nitrogen and oxygen atoms in total. The summed E-state index contributed by atoms with van der Waals surface area (Å²) in [6, 6.07) is 0.792. The Hall–Kier alpha value is -0.783. The third-order valence-corrected chi connectivity index (χ3v) is 6.10. The lowest BCUT2D eigenvalue weighted by Crippen LogP contribution is -2.65. The maximum absolute atomic E-state index is 6.10. The van der Waals surface area contributed by atoms with E-state index in [-0.39, 0.29) is 0 Å². The van der Waals surface area contributed by atoms with E-state index >= 15 is 0 Å². The minimum atomic E-state index is -2.19. The molecule has 1 aliphatic heterocycles. The van der Waals surface area contributed by atoms with Crippen LogP contribution in [0, 0.1) is 24.3 Å².